The predicted molar refractivity (Wildman–Crippen MR) is 117 cm³/mol. The summed E-state index contributed by atoms with van der Waals surface area (Å²) in [4.78, 5) is 16.9. The zero-order valence-electron chi connectivity index (χ0n) is 17.5. The molecule has 31 heavy (non-hydrogen) atoms. The van der Waals surface area contributed by atoms with E-state index in [1.54, 1.807) is 16.4 Å². The average Bonchev–Trinajstić information content (AvgIpc) is 3.45. The van der Waals surface area contributed by atoms with Crippen LogP contribution >= 0.6 is 11.8 Å². The normalized spacial score (nSPS) is 20.7. The van der Waals surface area contributed by atoms with Gasteiger partial charge in [-0.2, -0.15) is 10.4 Å². The molecule has 10 heteroatoms. The second-order valence-electron chi connectivity index (χ2n) is 7.84. The minimum Gasteiger partial charge on any atom is -0.424 e. The van der Waals surface area contributed by atoms with Gasteiger partial charge in [0.1, 0.15) is 12.5 Å². The largest absolute Gasteiger partial charge is 0.424 e. The molecule has 0 fully saturated rings. The monoisotopic (exact) mass is 437 g/mol. The zero-order chi connectivity index (χ0) is 22.0. The van der Waals surface area contributed by atoms with Crippen molar-refractivity contribution in [3.05, 3.63) is 48.0 Å². The van der Waals surface area contributed by atoms with E-state index in [9.17, 15) is 4.79 Å². The number of carbonyl (C=O) groups is 1. The first-order chi connectivity index (χ1) is 14.9. The minimum atomic E-state index is -0.542. The van der Waals surface area contributed by atoms with E-state index in [2.05, 4.69) is 44.9 Å². The summed E-state index contributed by atoms with van der Waals surface area (Å²) in [6.45, 7) is 3.75. The molecule has 3 heterocycles. The fourth-order valence-electron chi connectivity index (χ4n) is 3.34. The molecule has 2 aliphatic rings. The molecule has 3 unspecified atom stereocenters. The molecular weight excluding hydrogens is 414 g/mol. The molecule has 1 aliphatic carbocycles. The summed E-state index contributed by atoms with van der Waals surface area (Å²) < 4.78 is 7.42. The second-order valence-corrected chi connectivity index (χ2v) is 9.09. The van der Waals surface area contributed by atoms with Crippen LogP contribution < -0.4 is 5.32 Å². The average molecular weight is 438 g/mol. The summed E-state index contributed by atoms with van der Waals surface area (Å²) >= 11 is 1.68. The zero-order valence-corrected chi connectivity index (χ0v) is 18.3. The number of amides is 1. The van der Waals surface area contributed by atoms with Crippen LogP contribution in [0.2, 0.25) is 0 Å². The lowest BCUT2D eigenvalue weighted by atomic mass is 9.99. The fourth-order valence-corrected chi connectivity index (χ4v) is 4.55. The minimum absolute atomic E-state index is 0.0231. The number of allylic oxidation sites excluding steroid dienone is 2. The SMILES string of the molecule is CC(C)C(C#N)NC(=O)Cc1nnc(CC2=NC3C=CC(c4cnn(C)c4)=CC3S2)o1. The maximum atomic E-state index is 12.1. The summed E-state index contributed by atoms with van der Waals surface area (Å²) in [5, 5.41) is 25.2. The van der Waals surface area contributed by atoms with Crippen molar-refractivity contribution in [3.63, 3.8) is 0 Å². The van der Waals surface area contributed by atoms with E-state index < -0.39 is 6.04 Å². The van der Waals surface area contributed by atoms with Crippen LogP contribution in [0.15, 0.2) is 40.0 Å². The van der Waals surface area contributed by atoms with Crippen LogP contribution in [0, 0.1) is 17.2 Å². The maximum absolute atomic E-state index is 12.1. The van der Waals surface area contributed by atoms with Gasteiger partial charge in [0, 0.05) is 18.8 Å². The van der Waals surface area contributed by atoms with Crippen LogP contribution in [0.3, 0.4) is 0 Å². The third-order valence-corrected chi connectivity index (χ3v) is 6.21. The Bertz CT molecular complexity index is 1110. The summed E-state index contributed by atoms with van der Waals surface area (Å²) in [5.41, 5.74) is 2.23. The van der Waals surface area contributed by atoms with E-state index in [1.807, 2.05) is 33.3 Å². The first kappa shape index (κ1) is 21.1. The molecule has 0 aromatic carbocycles. The molecule has 1 aliphatic heterocycles. The topological polar surface area (TPSA) is 122 Å². The highest BCUT2D eigenvalue weighted by Crippen LogP contribution is 2.36. The lowest BCUT2D eigenvalue weighted by Crippen LogP contribution is -2.38. The van der Waals surface area contributed by atoms with E-state index in [0.29, 0.717) is 12.3 Å². The van der Waals surface area contributed by atoms with Crippen LogP contribution in [-0.2, 0) is 24.7 Å². The molecule has 0 bridgehead atoms. The Labute approximate surface area is 184 Å². The lowest BCUT2D eigenvalue weighted by molar-refractivity contribution is -0.121. The third-order valence-electron chi connectivity index (χ3n) is 5.00. The number of aliphatic imine (C=N–C) groups is 1. The molecule has 9 nitrogen and oxygen atoms in total. The molecule has 2 aromatic heterocycles. The highest BCUT2D eigenvalue weighted by Gasteiger charge is 2.30. The molecule has 1 amide bonds. The molecular formula is C21H23N7O2S. The van der Waals surface area contributed by atoms with E-state index in [0.717, 1.165) is 16.2 Å². The number of nitrogens with one attached hydrogen (secondary N) is 1. The Hall–Kier alpha value is -3.19. The third kappa shape index (κ3) is 4.94. The number of hydrogen-bond donors (Lipinski definition) is 1. The van der Waals surface area contributed by atoms with Gasteiger partial charge in [-0.3, -0.25) is 14.5 Å². The Balaban J connectivity index is 1.34. The quantitative estimate of drug-likeness (QED) is 0.704. The number of hydrogen-bond acceptors (Lipinski definition) is 8. The van der Waals surface area contributed by atoms with Crippen LogP contribution in [0.25, 0.3) is 5.57 Å². The van der Waals surface area contributed by atoms with Gasteiger partial charge in [0.25, 0.3) is 0 Å². The summed E-state index contributed by atoms with van der Waals surface area (Å²) in [7, 11) is 1.90. The molecule has 160 valence electrons. The van der Waals surface area contributed by atoms with Gasteiger partial charge in [-0.05, 0) is 11.5 Å². The first-order valence-corrected chi connectivity index (χ1v) is 10.9. The highest BCUT2D eigenvalue weighted by atomic mass is 32.2. The number of thioether (sulfide) groups is 1. The van der Waals surface area contributed by atoms with Gasteiger partial charge in [-0.1, -0.05) is 32.1 Å². The predicted octanol–water partition coefficient (Wildman–Crippen LogP) is 2.09. The molecule has 0 radical (unpaired) electrons. The first-order valence-electron chi connectivity index (χ1n) is 10.0. The van der Waals surface area contributed by atoms with Crippen molar-refractivity contribution >= 4 is 28.3 Å². The molecule has 0 saturated carbocycles. The number of nitriles is 1. The van der Waals surface area contributed by atoms with Crippen LogP contribution in [-0.4, -0.2) is 48.3 Å². The van der Waals surface area contributed by atoms with Crippen molar-refractivity contribution in [2.24, 2.45) is 18.0 Å². The Morgan fingerprint density at radius 2 is 2.19 bits per heavy atom. The number of rotatable bonds is 7. The highest BCUT2D eigenvalue weighted by molar-refractivity contribution is 8.14. The van der Waals surface area contributed by atoms with E-state index in [1.165, 1.54) is 0 Å². The van der Waals surface area contributed by atoms with Gasteiger partial charge in [-0.15, -0.1) is 22.0 Å². The van der Waals surface area contributed by atoms with Crippen LogP contribution in [0.1, 0.15) is 31.2 Å². The number of nitrogens with zero attached hydrogens (tertiary/aromatic N) is 6. The smallest absolute Gasteiger partial charge is 0.230 e. The number of fused-ring (bicyclic) bond motifs is 1. The number of carbonyl (C=O) groups excluding carboxylic acids is 1. The van der Waals surface area contributed by atoms with Crippen molar-refractivity contribution in [1.82, 2.24) is 25.3 Å². The number of aromatic nitrogens is 4. The maximum Gasteiger partial charge on any atom is 0.230 e. The summed E-state index contributed by atoms with van der Waals surface area (Å²) in [6, 6.07) is 1.63. The van der Waals surface area contributed by atoms with Gasteiger partial charge in [0.05, 0.1) is 35.0 Å². The molecule has 3 atom stereocenters. The van der Waals surface area contributed by atoms with Crippen molar-refractivity contribution in [2.45, 2.75) is 44.0 Å². The van der Waals surface area contributed by atoms with Crippen molar-refractivity contribution in [3.8, 4) is 6.07 Å². The van der Waals surface area contributed by atoms with E-state index in [-0.39, 0.29) is 35.4 Å². The van der Waals surface area contributed by atoms with Gasteiger partial charge >= 0.3 is 0 Å². The van der Waals surface area contributed by atoms with Crippen molar-refractivity contribution in [1.29, 1.82) is 5.26 Å². The molecule has 2 aromatic rings. The molecule has 0 saturated heterocycles. The van der Waals surface area contributed by atoms with Gasteiger partial charge in [-0.25, -0.2) is 0 Å². The van der Waals surface area contributed by atoms with Gasteiger partial charge in [0.2, 0.25) is 17.7 Å². The number of aryl methyl sites for hydroxylation is 1. The van der Waals surface area contributed by atoms with Crippen molar-refractivity contribution < 1.29 is 9.21 Å². The second kappa shape index (κ2) is 8.89. The lowest BCUT2D eigenvalue weighted by Gasteiger charge is -2.15. The Morgan fingerprint density at radius 3 is 2.90 bits per heavy atom. The van der Waals surface area contributed by atoms with Gasteiger partial charge < -0.3 is 9.73 Å². The fraction of sp³-hybridized carbons (Fsp3) is 0.429. The Morgan fingerprint density at radius 1 is 1.39 bits per heavy atom. The molecule has 0 spiro atoms. The Kier molecular flexibility index (Phi) is 6.04. The van der Waals surface area contributed by atoms with E-state index in [4.69, 9.17) is 14.7 Å². The van der Waals surface area contributed by atoms with Gasteiger partial charge in [0.15, 0.2) is 0 Å². The van der Waals surface area contributed by atoms with Crippen LogP contribution in [0.4, 0.5) is 0 Å². The van der Waals surface area contributed by atoms with Crippen LogP contribution in [0.5, 0.6) is 0 Å². The standard InChI is InChI=1S/C21H23N7O2S/c1-12(2)16(9-22)24-18(29)7-19-26-27-20(30-19)8-21-25-15-5-4-13(6-17(15)31-21)14-10-23-28(3)11-14/h4-6,10-12,15-17H,7-8H2,1-3H3,(H,24,29). The van der Waals surface area contributed by atoms with E-state index >= 15 is 0 Å². The molecule has 1 N–H and O–H groups in total. The summed E-state index contributed by atoms with van der Waals surface area (Å²) in [6.07, 6.45) is 10.6. The summed E-state index contributed by atoms with van der Waals surface area (Å²) in [5.74, 6) is 0.364. The molecule has 4 rings (SSSR count). The van der Waals surface area contributed by atoms with Crippen molar-refractivity contribution in [2.75, 3.05) is 0 Å².